The molecule has 164 valence electrons. The normalized spacial score (nSPS) is 12.3. The monoisotopic (exact) mass is 401 g/mol. The lowest BCUT2D eigenvalue weighted by Gasteiger charge is -2.23. The topological polar surface area (TPSA) is 102 Å². The molecule has 0 aliphatic heterocycles. The second-order valence-corrected chi connectivity index (χ2v) is 8.22. The average Bonchev–Trinajstić information content (AvgIpc) is 2.58. The van der Waals surface area contributed by atoms with Crippen LogP contribution >= 0.6 is 0 Å². The van der Waals surface area contributed by atoms with Crippen molar-refractivity contribution in [2.24, 2.45) is 0 Å². The first kappa shape index (κ1) is 26.2. The van der Waals surface area contributed by atoms with Crippen LogP contribution in [0.4, 0.5) is 4.79 Å². The molecule has 0 aliphatic carbocycles. The van der Waals surface area contributed by atoms with Gasteiger partial charge in [-0.1, -0.05) is 44.9 Å². The Bertz CT molecular complexity index is 458. The Hall–Kier alpha value is -1.79. The fourth-order valence-electron chi connectivity index (χ4n) is 2.88. The van der Waals surface area contributed by atoms with Crippen molar-refractivity contribution in [2.45, 2.75) is 109 Å². The van der Waals surface area contributed by atoms with Gasteiger partial charge in [-0.3, -0.25) is 9.59 Å². The molecule has 0 spiro atoms. The highest BCUT2D eigenvalue weighted by Gasteiger charge is 2.20. The number of esters is 1. The summed E-state index contributed by atoms with van der Waals surface area (Å²) in [5.74, 6) is -0.999. The molecular weight excluding hydrogens is 362 g/mol. The fraction of sp³-hybridized carbons (Fsp3) is 0.857. The molecule has 7 nitrogen and oxygen atoms in total. The van der Waals surface area contributed by atoms with Gasteiger partial charge in [0, 0.05) is 18.9 Å². The van der Waals surface area contributed by atoms with E-state index in [-0.39, 0.29) is 24.9 Å². The number of hydrogen-bond acceptors (Lipinski definition) is 5. The third-order valence-corrected chi connectivity index (χ3v) is 4.34. The summed E-state index contributed by atoms with van der Waals surface area (Å²) in [7, 11) is 1.36. The number of alkyl carbamates (subject to hydrolysis) is 1. The molecule has 28 heavy (non-hydrogen) atoms. The number of ether oxygens (including phenoxy) is 2. The molecule has 0 fully saturated rings. The van der Waals surface area contributed by atoms with E-state index in [0.717, 1.165) is 57.8 Å². The van der Waals surface area contributed by atoms with Crippen LogP contribution in [0.1, 0.15) is 97.8 Å². The quantitative estimate of drug-likeness (QED) is 0.301. The molecule has 0 aliphatic rings. The van der Waals surface area contributed by atoms with E-state index in [2.05, 4.69) is 10.1 Å². The van der Waals surface area contributed by atoms with Crippen LogP contribution in [0.25, 0.3) is 0 Å². The van der Waals surface area contributed by atoms with E-state index < -0.39 is 17.7 Å². The highest BCUT2D eigenvalue weighted by Crippen LogP contribution is 2.14. The highest BCUT2D eigenvalue weighted by molar-refractivity contribution is 5.70. The third-order valence-electron chi connectivity index (χ3n) is 4.34. The zero-order valence-electron chi connectivity index (χ0n) is 18.1. The number of amides is 1. The van der Waals surface area contributed by atoms with Gasteiger partial charge in [0.25, 0.3) is 0 Å². The smallest absolute Gasteiger partial charge is 0.407 e. The average molecular weight is 402 g/mol. The molecule has 0 bridgehead atoms. The van der Waals surface area contributed by atoms with E-state index in [1.807, 2.05) is 20.8 Å². The first-order chi connectivity index (χ1) is 13.1. The molecule has 0 aromatic rings. The third kappa shape index (κ3) is 17.6. The van der Waals surface area contributed by atoms with E-state index >= 15 is 0 Å². The van der Waals surface area contributed by atoms with Crippen molar-refractivity contribution in [3.05, 3.63) is 0 Å². The van der Waals surface area contributed by atoms with Gasteiger partial charge in [-0.2, -0.15) is 0 Å². The van der Waals surface area contributed by atoms with Gasteiger partial charge in [0.15, 0.2) is 0 Å². The Balaban J connectivity index is 4.01. The summed E-state index contributed by atoms with van der Waals surface area (Å²) in [6, 6.07) is -0.107. The molecule has 0 radical (unpaired) electrons. The first-order valence-corrected chi connectivity index (χ1v) is 10.4. The van der Waals surface area contributed by atoms with E-state index in [1.165, 1.54) is 7.11 Å². The van der Waals surface area contributed by atoms with Crippen LogP contribution in [0.15, 0.2) is 0 Å². The zero-order chi connectivity index (χ0) is 21.4. The second kappa shape index (κ2) is 15.2. The number of hydrogen-bond donors (Lipinski definition) is 2. The van der Waals surface area contributed by atoms with Crippen molar-refractivity contribution in [3.63, 3.8) is 0 Å². The van der Waals surface area contributed by atoms with Crippen LogP contribution in [-0.4, -0.2) is 41.9 Å². The summed E-state index contributed by atoms with van der Waals surface area (Å²) in [5, 5.41) is 11.5. The Kier molecular flexibility index (Phi) is 14.2. The van der Waals surface area contributed by atoms with Crippen molar-refractivity contribution >= 4 is 18.0 Å². The Morgan fingerprint density at radius 2 is 1.39 bits per heavy atom. The number of rotatable bonds is 15. The number of nitrogens with one attached hydrogen (secondary N) is 1. The predicted molar refractivity (Wildman–Crippen MR) is 108 cm³/mol. The number of carboxylic acids is 1. The zero-order valence-corrected chi connectivity index (χ0v) is 18.1. The summed E-state index contributed by atoms with van der Waals surface area (Å²) in [6.45, 7) is 5.45. The number of unbranched alkanes of at least 4 members (excludes halogenated alkanes) is 7. The van der Waals surface area contributed by atoms with E-state index in [1.54, 1.807) is 0 Å². The molecule has 0 saturated carbocycles. The number of carboxylic acid groups (broad SMARTS) is 1. The molecule has 0 unspecified atom stereocenters. The van der Waals surface area contributed by atoms with Crippen LogP contribution in [-0.2, 0) is 19.1 Å². The lowest BCUT2D eigenvalue weighted by atomic mass is 10.0. The molecule has 0 aromatic heterocycles. The SMILES string of the molecule is COC(=O)CC[C@H](CCCCCCCCCCC(=O)O)NC(=O)OC(C)(C)C. The minimum Gasteiger partial charge on any atom is -0.481 e. The number of carbonyl (C=O) groups is 3. The summed E-state index contributed by atoms with van der Waals surface area (Å²) in [6.07, 6.45) is 9.65. The summed E-state index contributed by atoms with van der Waals surface area (Å²) < 4.78 is 9.99. The Morgan fingerprint density at radius 3 is 1.89 bits per heavy atom. The Morgan fingerprint density at radius 1 is 0.857 bits per heavy atom. The molecule has 0 aromatic carbocycles. The number of methoxy groups -OCH3 is 1. The van der Waals surface area contributed by atoms with Gasteiger partial charge < -0.3 is 19.9 Å². The second-order valence-electron chi connectivity index (χ2n) is 8.22. The van der Waals surface area contributed by atoms with Crippen molar-refractivity contribution in [1.82, 2.24) is 5.32 Å². The van der Waals surface area contributed by atoms with Gasteiger partial charge in [-0.05, 0) is 40.0 Å². The van der Waals surface area contributed by atoms with Gasteiger partial charge in [0.1, 0.15) is 5.60 Å². The van der Waals surface area contributed by atoms with Crippen LogP contribution < -0.4 is 5.32 Å². The fourth-order valence-corrected chi connectivity index (χ4v) is 2.88. The summed E-state index contributed by atoms with van der Waals surface area (Å²) in [4.78, 5) is 33.8. The Labute approximate surface area is 169 Å². The van der Waals surface area contributed by atoms with Gasteiger partial charge in [0.05, 0.1) is 7.11 Å². The van der Waals surface area contributed by atoms with Crippen molar-refractivity contribution in [1.29, 1.82) is 0 Å². The van der Waals surface area contributed by atoms with Gasteiger partial charge in [0.2, 0.25) is 0 Å². The first-order valence-electron chi connectivity index (χ1n) is 10.4. The van der Waals surface area contributed by atoms with Crippen molar-refractivity contribution in [3.8, 4) is 0 Å². The molecule has 1 atom stereocenters. The van der Waals surface area contributed by atoms with Crippen LogP contribution in [0.2, 0.25) is 0 Å². The van der Waals surface area contributed by atoms with E-state index in [9.17, 15) is 14.4 Å². The molecule has 0 heterocycles. The van der Waals surface area contributed by atoms with Gasteiger partial charge in [-0.25, -0.2) is 4.79 Å². The van der Waals surface area contributed by atoms with E-state index in [4.69, 9.17) is 9.84 Å². The molecule has 2 N–H and O–H groups in total. The molecule has 7 heteroatoms. The van der Waals surface area contributed by atoms with Crippen LogP contribution in [0.3, 0.4) is 0 Å². The largest absolute Gasteiger partial charge is 0.481 e. The standard InChI is InChI=1S/C21H39NO6/c1-21(2,3)28-20(26)22-17(15-16-19(25)27-4)13-11-9-7-5-6-8-10-12-14-18(23)24/h17H,5-16H2,1-4H3,(H,22,26)(H,23,24)/t17-/m0/s1. The maximum absolute atomic E-state index is 12.0. The minimum absolute atomic E-state index is 0.107. The van der Waals surface area contributed by atoms with Crippen molar-refractivity contribution < 1.29 is 29.0 Å². The van der Waals surface area contributed by atoms with Gasteiger partial charge in [-0.15, -0.1) is 0 Å². The maximum atomic E-state index is 12.0. The summed E-state index contributed by atoms with van der Waals surface area (Å²) in [5.41, 5.74) is -0.554. The molecular formula is C21H39NO6. The lowest BCUT2D eigenvalue weighted by Crippen LogP contribution is -2.39. The number of aliphatic carboxylic acids is 1. The molecule has 0 rings (SSSR count). The lowest BCUT2D eigenvalue weighted by molar-refractivity contribution is -0.141. The van der Waals surface area contributed by atoms with Crippen molar-refractivity contribution in [2.75, 3.05) is 7.11 Å². The molecule has 1 amide bonds. The van der Waals surface area contributed by atoms with Crippen LogP contribution in [0, 0.1) is 0 Å². The molecule has 0 saturated heterocycles. The van der Waals surface area contributed by atoms with E-state index in [0.29, 0.717) is 6.42 Å². The van der Waals surface area contributed by atoms with Crippen LogP contribution in [0.5, 0.6) is 0 Å². The number of carbonyl (C=O) groups excluding carboxylic acids is 2. The summed E-state index contributed by atoms with van der Waals surface area (Å²) >= 11 is 0. The predicted octanol–water partition coefficient (Wildman–Crippen LogP) is 4.82. The van der Waals surface area contributed by atoms with Gasteiger partial charge >= 0.3 is 18.0 Å². The maximum Gasteiger partial charge on any atom is 0.407 e. The highest BCUT2D eigenvalue weighted by atomic mass is 16.6. The minimum atomic E-state index is -0.721.